The van der Waals surface area contributed by atoms with E-state index < -0.39 is 0 Å². The fourth-order valence-corrected chi connectivity index (χ4v) is 1.98. The van der Waals surface area contributed by atoms with Crippen LogP contribution in [-0.2, 0) is 6.42 Å². The summed E-state index contributed by atoms with van der Waals surface area (Å²) in [5.74, 6) is 1.51. The van der Waals surface area contributed by atoms with Crippen LogP contribution in [0.3, 0.4) is 0 Å². The fourth-order valence-electron chi connectivity index (χ4n) is 1.98. The molecule has 0 atom stereocenters. The molecule has 0 bridgehead atoms. The van der Waals surface area contributed by atoms with Gasteiger partial charge < -0.3 is 5.32 Å². The number of nitrogens with zero attached hydrogens (tertiary/aromatic N) is 2. The molecule has 0 amide bonds. The standard InChI is InChI=1S/C15H19N3/c1-11(2)7-12-5-4-6-13(8-12)14-9-15(16-3)18-10-17-14/h4-6,8-11H,7H2,1-3H3,(H,16,17,18). The summed E-state index contributed by atoms with van der Waals surface area (Å²) in [4.78, 5) is 8.46. The molecule has 0 unspecified atom stereocenters. The summed E-state index contributed by atoms with van der Waals surface area (Å²) in [6.07, 6.45) is 2.69. The molecule has 94 valence electrons. The Balaban J connectivity index is 2.32. The Labute approximate surface area is 108 Å². The fraction of sp³-hybridized carbons (Fsp3) is 0.333. The van der Waals surface area contributed by atoms with Gasteiger partial charge in [-0.1, -0.05) is 32.0 Å². The van der Waals surface area contributed by atoms with Crippen molar-refractivity contribution in [1.82, 2.24) is 9.97 Å². The molecule has 3 heteroatoms. The minimum absolute atomic E-state index is 0.665. The van der Waals surface area contributed by atoms with Crippen molar-refractivity contribution in [3.63, 3.8) is 0 Å². The lowest BCUT2D eigenvalue weighted by Crippen LogP contribution is -1.96. The zero-order chi connectivity index (χ0) is 13.0. The highest BCUT2D eigenvalue weighted by Crippen LogP contribution is 2.21. The van der Waals surface area contributed by atoms with E-state index in [1.54, 1.807) is 6.33 Å². The monoisotopic (exact) mass is 241 g/mol. The molecular formula is C15H19N3. The lowest BCUT2D eigenvalue weighted by atomic mass is 10.00. The van der Waals surface area contributed by atoms with Gasteiger partial charge in [0, 0.05) is 18.7 Å². The molecular weight excluding hydrogens is 222 g/mol. The number of nitrogens with one attached hydrogen (secondary N) is 1. The van der Waals surface area contributed by atoms with Crippen LogP contribution in [-0.4, -0.2) is 17.0 Å². The maximum absolute atomic E-state index is 4.33. The van der Waals surface area contributed by atoms with E-state index in [0.29, 0.717) is 5.92 Å². The second-order valence-corrected chi connectivity index (χ2v) is 4.84. The van der Waals surface area contributed by atoms with Gasteiger partial charge in [-0.25, -0.2) is 9.97 Å². The molecule has 1 heterocycles. The molecule has 0 saturated carbocycles. The highest BCUT2D eigenvalue weighted by Gasteiger charge is 2.03. The van der Waals surface area contributed by atoms with Gasteiger partial charge in [0.2, 0.25) is 0 Å². The Hall–Kier alpha value is -1.90. The van der Waals surface area contributed by atoms with E-state index in [2.05, 4.69) is 53.4 Å². The Morgan fingerprint density at radius 1 is 1.17 bits per heavy atom. The van der Waals surface area contributed by atoms with Gasteiger partial charge in [0.1, 0.15) is 12.1 Å². The normalized spacial score (nSPS) is 10.7. The van der Waals surface area contributed by atoms with Crippen LogP contribution in [0.5, 0.6) is 0 Å². The highest BCUT2D eigenvalue weighted by atomic mass is 15.0. The first-order valence-corrected chi connectivity index (χ1v) is 6.28. The molecule has 1 N–H and O–H groups in total. The number of rotatable bonds is 4. The van der Waals surface area contributed by atoms with Crippen LogP contribution in [0.15, 0.2) is 36.7 Å². The Kier molecular flexibility index (Phi) is 3.92. The van der Waals surface area contributed by atoms with Gasteiger partial charge in [-0.15, -0.1) is 0 Å². The van der Waals surface area contributed by atoms with Gasteiger partial charge in [-0.3, -0.25) is 0 Å². The van der Waals surface area contributed by atoms with Crippen LogP contribution in [0.2, 0.25) is 0 Å². The van der Waals surface area contributed by atoms with E-state index in [-0.39, 0.29) is 0 Å². The van der Waals surface area contributed by atoms with Gasteiger partial charge >= 0.3 is 0 Å². The summed E-state index contributed by atoms with van der Waals surface area (Å²) in [5, 5.41) is 3.03. The van der Waals surface area contributed by atoms with E-state index in [9.17, 15) is 0 Å². The van der Waals surface area contributed by atoms with E-state index in [1.165, 1.54) is 5.56 Å². The van der Waals surface area contributed by atoms with Crippen LogP contribution in [0.1, 0.15) is 19.4 Å². The second kappa shape index (κ2) is 5.63. The average Bonchev–Trinajstić information content (AvgIpc) is 2.38. The van der Waals surface area contributed by atoms with Crippen LogP contribution >= 0.6 is 0 Å². The van der Waals surface area contributed by atoms with Gasteiger partial charge in [-0.05, 0) is 24.0 Å². The maximum atomic E-state index is 4.33. The van der Waals surface area contributed by atoms with Crippen LogP contribution in [0, 0.1) is 5.92 Å². The zero-order valence-corrected chi connectivity index (χ0v) is 11.1. The summed E-state index contributed by atoms with van der Waals surface area (Å²) < 4.78 is 0. The molecule has 0 spiro atoms. The van der Waals surface area contributed by atoms with Crippen molar-refractivity contribution in [1.29, 1.82) is 0 Å². The van der Waals surface area contributed by atoms with Crippen LogP contribution in [0.4, 0.5) is 5.82 Å². The first-order chi connectivity index (χ1) is 8.69. The quantitative estimate of drug-likeness (QED) is 0.891. The highest BCUT2D eigenvalue weighted by molar-refractivity contribution is 5.62. The van der Waals surface area contributed by atoms with E-state index >= 15 is 0 Å². The first kappa shape index (κ1) is 12.6. The van der Waals surface area contributed by atoms with Crippen LogP contribution < -0.4 is 5.32 Å². The number of benzene rings is 1. The summed E-state index contributed by atoms with van der Waals surface area (Å²) in [7, 11) is 1.86. The molecule has 1 aromatic carbocycles. The minimum Gasteiger partial charge on any atom is -0.373 e. The Morgan fingerprint density at radius 2 is 2.00 bits per heavy atom. The molecule has 1 aromatic heterocycles. The molecule has 0 aliphatic heterocycles. The molecule has 2 rings (SSSR count). The average molecular weight is 241 g/mol. The van der Waals surface area contributed by atoms with Crippen LogP contribution in [0.25, 0.3) is 11.3 Å². The molecule has 0 aliphatic rings. The van der Waals surface area contributed by atoms with Gasteiger partial charge in [0.15, 0.2) is 0 Å². The summed E-state index contributed by atoms with van der Waals surface area (Å²) in [6, 6.07) is 10.5. The summed E-state index contributed by atoms with van der Waals surface area (Å²) in [6.45, 7) is 4.47. The van der Waals surface area contributed by atoms with Crippen molar-refractivity contribution in [2.45, 2.75) is 20.3 Å². The van der Waals surface area contributed by atoms with E-state index in [4.69, 9.17) is 0 Å². The van der Waals surface area contributed by atoms with Gasteiger partial charge in [0.25, 0.3) is 0 Å². The third-order valence-electron chi connectivity index (χ3n) is 2.79. The number of hydrogen-bond donors (Lipinski definition) is 1. The zero-order valence-electron chi connectivity index (χ0n) is 11.1. The number of aromatic nitrogens is 2. The predicted molar refractivity (Wildman–Crippen MR) is 75.6 cm³/mol. The predicted octanol–water partition coefficient (Wildman–Crippen LogP) is 3.38. The summed E-state index contributed by atoms with van der Waals surface area (Å²) >= 11 is 0. The first-order valence-electron chi connectivity index (χ1n) is 6.28. The minimum atomic E-state index is 0.665. The topological polar surface area (TPSA) is 37.8 Å². The van der Waals surface area contributed by atoms with Crippen molar-refractivity contribution in [2.75, 3.05) is 12.4 Å². The van der Waals surface area contributed by atoms with Gasteiger partial charge in [-0.2, -0.15) is 0 Å². The molecule has 18 heavy (non-hydrogen) atoms. The molecule has 0 fully saturated rings. The molecule has 2 aromatic rings. The van der Waals surface area contributed by atoms with E-state index in [1.807, 2.05) is 13.1 Å². The van der Waals surface area contributed by atoms with Crippen molar-refractivity contribution in [3.8, 4) is 11.3 Å². The SMILES string of the molecule is CNc1cc(-c2cccc(CC(C)C)c2)ncn1. The molecule has 0 aliphatic carbocycles. The second-order valence-electron chi connectivity index (χ2n) is 4.84. The van der Waals surface area contributed by atoms with Crippen molar-refractivity contribution >= 4 is 5.82 Å². The lowest BCUT2D eigenvalue weighted by Gasteiger charge is -2.08. The molecule has 0 saturated heterocycles. The van der Waals surface area contributed by atoms with Gasteiger partial charge in [0.05, 0.1) is 5.69 Å². The largest absolute Gasteiger partial charge is 0.373 e. The smallest absolute Gasteiger partial charge is 0.129 e. The molecule has 3 nitrogen and oxygen atoms in total. The Morgan fingerprint density at radius 3 is 2.72 bits per heavy atom. The van der Waals surface area contributed by atoms with E-state index in [0.717, 1.165) is 23.5 Å². The third-order valence-corrected chi connectivity index (χ3v) is 2.79. The summed E-state index contributed by atoms with van der Waals surface area (Å²) in [5.41, 5.74) is 3.46. The third kappa shape index (κ3) is 3.06. The maximum Gasteiger partial charge on any atom is 0.129 e. The van der Waals surface area contributed by atoms with Crippen molar-refractivity contribution in [2.24, 2.45) is 5.92 Å². The Bertz CT molecular complexity index is 521. The number of hydrogen-bond acceptors (Lipinski definition) is 3. The number of anilines is 1. The van der Waals surface area contributed by atoms with Crippen molar-refractivity contribution in [3.05, 3.63) is 42.2 Å². The van der Waals surface area contributed by atoms with Crippen molar-refractivity contribution < 1.29 is 0 Å². The molecule has 0 radical (unpaired) electrons. The lowest BCUT2D eigenvalue weighted by molar-refractivity contribution is 0.647.